The summed E-state index contributed by atoms with van der Waals surface area (Å²) >= 11 is 4.93. The van der Waals surface area contributed by atoms with E-state index in [0.29, 0.717) is 11.0 Å². The molecule has 1 fully saturated rings. The molecule has 0 amide bonds. The number of ether oxygens (including phenoxy) is 1. The highest BCUT2D eigenvalue weighted by Gasteiger charge is 2.28. The van der Waals surface area contributed by atoms with Gasteiger partial charge in [-0.05, 0) is 50.5 Å². The van der Waals surface area contributed by atoms with Crippen molar-refractivity contribution in [2.24, 2.45) is 5.73 Å². The first-order valence-corrected chi connectivity index (χ1v) is 7.81. The molecule has 1 saturated heterocycles. The Kier molecular flexibility index (Phi) is 5.38. The van der Waals surface area contributed by atoms with E-state index >= 15 is 0 Å². The van der Waals surface area contributed by atoms with Gasteiger partial charge in [0.25, 0.3) is 0 Å². The Morgan fingerprint density at radius 2 is 2.05 bits per heavy atom. The van der Waals surface area contributed by atoms with E-state index in [-0.39, 0.29) is 0 Å². The van der Waals surface area contributed by atoms with Crippen molar-refractivity contribution in [3.63, 3.8) is 0 Å². The van der Waals surface area contributed by atoms with Crippen LogP contribution >= 0.6 is 12.2 Å². The van der Waals surface area contributed by atoms with Gasteiger partial charge in [0.1, 0.15) is 17.3 Å². The molecule has 4 heteroatoms. The van der Waals surface area contributed by atoms with Gasteiger partial charge in [0.2, 0.25) is 0 Å². The van der Waals surface area contributed by atoms with E-state index in [9.17, 15) is 0 Å². The average Bonchev–Trinajstić information content (AvgIpc) is 2.80. The number of hydrogen-bond donors (Lipinski definition) is 1. The molecular weight excluding hydrogens is 268 g/mol. The van der Waals surface area contributed by atoms with Crippen molar-refractivity contribution in [3.8, 4) is 5.75 Å². The van der Waals surface area contributed by atoms with Gasteiger partial charge < -0.3 is 10.5 Å². The summed E-state index contributed by atoms with van der Waals surface area (Å²) in [5.41, 5.74) is 6.46. The minimum atomic E-state index is 0.424. The summed E-state index contributed by atoms with van der Waals surface area (Å²) in [6.45, 7) is 6.31. The van der Waals surface area contributed by atoms with Gasteiger partial charge in [-0.3, -0.25) is 4.90 Å². The first-order valence-electron chi connectivity index (χ1n) is 7.40. The quantitative estimate of drug-likeness (QED) is 0.818. The van der Waals surface area contributed by atoms with E-state index in [0.717, 1.165) is 30.5 Å². The smallest absolute Gasteiger partial charge is 0.119 e. The van der Waals surface area contributed by atoms with Crippen molar-refractivity contribution in [2.45, 2.75) is 45.2 Å². The van der Waals surface area contributed by atoms with Crippen LogP contribution < -0.4 is 10.5 Å². The molecule has 0 bridgehead atoms. The van der Waals surface area contributed by atoms with E-state index in [1.165, 1.54) is 19.3 Å². The molecule has 3 nitrogen and oxygen atoms in total. The number of likely N-dealkylation sites (tertiary alicyclic amines) is 1. The van der Waals surface area contributed by atoms with Crippen LogP contribution in [0.4, 0.5) is 0 Å². The third-order valence-electron chi connectivity index (χ3n) is 4.18. The van der Waals surface area contributed by atoms with Gasteiger partial charge in [0.15, 0.2) is 0 Å². The zero-order chi connectivity index (χ0) is 14.5. The number of thiocarbonyl (C=S) groups is 1. The second-order valence-electron chi connectivity index (χ2n) is 5.46. The molecule has 0 saturated carbocycles. The number of nitrogens with two attached hydrogens (primary N) is 1. The fourth-order valence-corrected chi connectivity index (χ4v) is 3.09. The molecule has 0 aliphatic carbocycles. The van der Waals surface area contributed by atoms with E-state index in [1.807, 2.05) is 24.3 Å². The molecule has 2 rings (SSSR count). The molecule has 1 heterocycles. The topological polar surface area (TPSA) is 38.5 Å². The van der Waals surface area contributed by atoms with Crippen molar-refractivity contribution < 1.29 is 4.74 Å². The van der Waals surface area contributed by atoms with Crippen LogP contribution in [0.5, 0.6) is 5.75 Å². The third kappa shape index (κ3) is 3.70. The van der Waals surface area contributed by atoms with Gasteiger partial charge in [-0.2, -0.15) is 0 Å². The summed E-state index contributed by atoms with van der Waals surface area (Å²) in [5.74, 6) is 0.880. The van der Waals surface area contributed by atoms with Gasteiger partial charge in [-0.1, -0.05) is 19.1 Å². The monoisotopic (exact) mass is 292 g/mol. The van der Waals surface area contributed by atoms with Crippen molar-refractivity contribution in [2.75, 3.05) is 13.2 Å². The van der Waals surface area contributed by atoms with Crippen molar-refractivity contribution in [1.29, 1.82) is 0 Å². The predicted molar refractivity (Wildman–Crippen MR) is 87.3 cm³/mol. The second-order valence-corrected chi connectivity index (χ2v) is 5.90. The first-order chi connectivity index (χ1) is 9.61. The summed E-state index contributed by atoms with van der Waals surface area (Å²) < 4.78 is 5.82. The third-order valence-corrected chi connectivity index (χ3v) is 4.42. The van der Waals surface area contributed by atoms with Gasteiger partial charge in [-0.25, -0.2) is 0 Å². The Hall–Kier alpha value is -1.13. The SMILES string of the molecule is CCC1CCC(C)N1CCOc1ccc(C(N)=S)cc1. The van der Waals surface area contributed by atoms with Crippen LogP contribution in [0.15, 0.2) is 24.3 Å². The lowest BCUT2D eigenvalue weighted by Crippen LogP contribution is -2.37. The normalized spacial score (nSPS) is 22.9. The minimum absolute atomic E-state index is 0.424. The minimum Gasteiger partial charge on any atom is -0.492 e. The molecule has 1 aliphatic heterocycles. The van der Waals surface area contributed by atoms with Crippen molar-refractivity contribution in [1.82, 2.24) is 4.90 Å². The molecule has 1 aromatic carbocycles. The molecule has 2 unspecified atom stereocenters. The van der Waals surface area contributed by atoms with Crippen molar-refractivity contribution >= 4 is 17.2 Å². The highest BCUT2D eigenvalue weighted by atomic mass is 32.1. The van der Waals surface area contributed by atoms with Crippen LogP contribution in [0.25, 0.3) is 0 Å². The van der Waals surface area contributed by atoms with Crippen LogP contribution in [0.3, 0.4) is 0 Å². The summed E-state index contributed by atoms with van der Waals surface area (Å²) in [5, 5.41) is 0. The van der Waals surface area contributed by atoms with Crippen molar-refractivity contribution in [3.05, 3.63) is 29.8 Å². The predicted octanol–water partition coefficient (Wildman–Crippen LogP) is 2.96. The molecule has 0 spiro atoms. The first kappa shape index (κ1) is 15.3. The maximum Gasteiger partial charge on any atom is 0.119 e. The van der Waals surface area contributed by atoms with Crippen LogP contribution in [-0.2, 0) is 0 Å². The highest BCUT2D eigenvalue weighted by Crippen LogP contribution is 2.25. The molecule has 20 heavy (non-hydrogen) atoms. The van der Waals surface area contributed by atoms with Gasteiger partial charge >= 0.3 is 0 Å². The van der Waals surface area contributed by atoms with E-state index < -0.39 is 0 Å². The fraction of sp³-hybridized carbons (Fsp3) is 0.562. The Morgan fingerprint density at radius 3 is 2.65 bits per heavy atom. The summed E-state index contributed by atoms with van der Waals surface area (Å²) in [6, 6.07) is 9.08. The Bertz CT molecular complexity index is 446. The van der Waals surface area contributed by atoms with Crippen LogP contribution in [0.2, 0.25) is 0 Å². The molecule has 2 N–H and O–H groups in total. The molecule has 1 aromatic rings. The molecule has 110 valence electrons. The average molecular weight is 292 g/mol. The maximum atomic E-state index is 5.82. The highest BCUT2D eigenvalue weighted by molar-refractivity contribution is 7.80. The molecular formula is C16H24N2OS. The standard InChI is InChI=1S/C16H24N2OS/c1-3-14-7-4-12(2)18(14)10-11-19-15-8-5-13(6-9-15)16(17)20/h5-6,8-9,12,14H,3-4,7,10-11H2,1-2H3,(H2,17,20). The lowest BCUT2D eigenvalue weighted by molar-refractivity contribution is 0.159. The second kappa shape index (κ2) is 7.04. The molecule has 1 aliphatic rings. The molecule has 0 aromatic heterocycles. The zero-order valence-electron chi connectivity index (χ0n) is 12.3. The Balaban J connectivity index is 1.82. The summed E-state index contributed by atoms with van der Waals surface area (Å²) in [7, 11) is 0. The Labute approximate surface area is 127 Å². The number of benzene rings is 1. The summed E-state index contributed by atoms with van der Waals surface area (Å²) in [4.78, 5) is 3.00. The molecule has 2 atom stereocenters. The fourth-order valence-electron chi connectivity index (χ4n) is 2.95. The Morgan fingerprint density at radius 1 is 1.35 bits per heavy atom. The lowest BCUT2D eigenvalue weighted by Gasteiger charge is -2.27. The van der Waals surface area contributed by atoms with Crippen LogP contribution in [-0.4, -0.2) is 35.1 Å². The van der Waals surface area contributed by atoms with Gasteiger partial charge in [0, 0.05) is 24.2 Å². The number of rotatable bonds is 6. The van der Waals surface area contributed by atoms with Crippen LogP contribution in [0.1, 0.15) is 38.7 Å². The lowest BCUT2D eigenvalue weighted by atomic mass is 10.1. The van der Waals surface area contributed by atoms with Gasteiger partial charge in [-0.15, -0.1) is 0 Å². The van der Waals surface area contributed by atoms with E-state index in [2.05, 4.69) is 18.7 Å². The summed E-state index contributed by atoms with van der Waals surface area (Å²) in [6.07, 6.45) is 3.86. The largest absolute Gasteiger partial charge is 0.492 e. The van der Waals surface area contributed by atoms with E-state index in [1.54, 1.807) is 0 Å². The van der Waals surface area contributed by atoms with E-state index in [4.69, 9.17) is 22.7 Å². The maximum absolute atomic E-state index is 5.82. The zero-order valence-corrected chi connectivity index (χ0v) is 13.2. The van der Waals surface area contributed by atoms with Crippen LogP contribution in [0, 0.1) is 0 Å². The molecule has 0 radical (unpaired) electrons. The number of nitrogens with zero attached hydrogens (tertiary/aromatic N) is 1. The van der Waals surface area contributed by atoms with Gasteiger partial charge in [0.05, 0.1) is 0 Å². The number of hydrogen-bond acceptors (Lipinski definition) is 3.